The van der Waals surface area contributed by atoms with Crippen molar-refractivity contribution in [3.05, 3.63) is 42.0 Å². The fourth-order valence-corrected chi connectivity index (χ4v) is 1.72. The molecule has 0 aromatic heterocycles. The minimum absolute atomic E-state index is 0.0674. The van der Waals surface area contributed by atoms with Gasteiger partial charge >= 0.3 is 0 Å². The van der Waals surface area contributed by atoms with E-state index in [0.29, 0.717) is 0 Å². The lowest BCUT2D eigenvalue weighted by atomic mass is 10.00. The van der Waals surface area contributed by atoms with Crippen LogP contribution in [-0.4, -0.2) is 6.61 Å². The van der Waals surface area contributed by atoms with Gasteiger partial charge in [-0.25, -0.2) is 0 Å². The van der Waals surface area contributed by atoms with E-state index in [4.69, 9.17) is 10.5 Å². The van der Waals surface area contributed by atoms with Crippen molar-refractivity contribution in [2.45, 2.75) is 18.9 Å². The molecule has 0 bridgehead atoms. The maximum Gasteiger partial charge on any atom is 0.122 e. The molecule has 2 heteroatoms. The SMILES string of the molecule is C=C[C@H](N)c1ccc2c(c1)CCCO2. The predicted octanol–water partition coefficient (Wildman–Crippen LogP) is 2.20. The molecule has 0 radical (unpaired) electrons. The van der Waals surface area contributed by atoms with Crippen molar-refractivity contribution in [1.82, 2.24) is 0 Å². The van der Waals surface area contributed by atoms with Gasteiger partial charge in [-0.1, -0.05) is 18.2 Å². The van der Waals surface area contributed by atoms with Crippen LogP contribution in [0.15, 0.2) is 30.9 Å². The zero-order chi connectivity index (χ0) is 9.97. The van der Waals surface area contributed by atoms with Crippen LogP contribution in [0.4, 0.5) is 0 Å². The third kappa shape index (κ3) is 1.66. The van der Waals surface area contributed by atoms with Crippen molar-refractivity contribution < 1.29 is 4.74 Å². The van der Waals surface area contributed by atoms with Crippen molar-refractivity contribution in [3.8, 4) is 5.75 Å². The maximum absolute atomic E-state index is 5.87. The van der Waals surface area contributed by atoms with Gasteiger partial charge in [0.25, 0.3) is 0 Å². The lowest BCUT2D eigenvalue weighted by Gasteiger charge is -2.18. The Balaban J connectivity index is 2.33. The van der Waals surface area contributed by atoms with Gasteiger partial charge in [0.2, 0.25) is 0 Å². The summed E-state index contributed by atoms with van der Waals surface area (Å²) in [7, 11) is 0. The summed E-state index contributed by atoms with van der Waals surface area (Å²) in [5.74, 6) is 1.01. The Labute approximate surface area is 84.4 Å². The molecule has 1 heterocycles. The normalized spacial score (nSPS) is 16.6. The van der Waals surface area contributed by atoms with Gasteiger partial charge in [0.15, 0.2) is 0 Å². The zero-order valence-electron chi connectivity index (χ0n) is 8.20. The molecular weight excluding hydrogens is 174 g/mol. The second kappa shape index (κ2) is 3.84. The van der Waals surface area contributed by atoms with Gasteiger partial charge in [0.05, 0.1) is 6.61 Å². The first-order valence-electron chi connectivity index (χ1n) is 4.95. The van der Waals surface area contributed by atoms with Crippen LogP contribution in [0.2, 0.25) is 0 Å². The van der Waals surface area contributed by atoms with E-state index in [0.717, 1.165) is 30.8 Å². The molecule has 1 aliphatic rings. The third-order valence-electron chi connectivity index (χ3n) is 2.57. The van der Waals surface area contributed by atoms with Crippen LogP contribution < -0.4 is 10.5 Å². The molecule has 0 fully saturated rings. The molecule has 1 aliphatic heterocycles. The molecule has 2 rings (SSSR count). The fraction of sp³-hybridized carbons (Fsp3) is 0.333. The van der Waals surface area contributed by atoms with Crippen LogP contribution in [0.1, 0.15) is 23.6 Å². The number of hydrogen-bond donors (Lipinski definition) is 1. The van der Waals surface area contributed by atoms with Crippen molar-refractivity contribution >= 4 is 0 Å². The third-order valence-corrected chi connectivity index (χ3v) is 2.57. The molecule has 0 aliphatic carbocycles. The highest BCUT2D eigenvalue weighted by molar-refractivity contribution is 5.40. The summed E-state index contributed by atoms with van der Waals surface area (Å²) in [6, 6.07) is 6.08. The molecule has 0 spiro atoms. The smallest absolute Gasteiger partial charge is 0.122 e. The highest BCUT2D eigenvalue weighted by Crippen LogP contribution is 2.27. The van der Waals surface area contributed by atoms with E-state index in [1.807, 2.05) is 12.1 Å². The molecule has 0 saturated heterocycles. The van der Waals surface area contributed by atoms with Gasteiger partial charge in [-0.3, -0.25) is 0 Å². The van der Waals surface area contributed by atoms with E-state index in [1.54, 1.807) is 6.08 Å². The van der Waals surface area contributed by atoms with E-state index in [2.05, 4.69) is 12.6 Å². The molecule has 0 amide bonds. The number of aryl methyl sites for hydroxylation is 1. The molecule has 1 aromatic carbocycles. The van der Waals surface area contributed by atoms with Crippen LogP contribution >= 0.6 is 0 Å². The Hall–Kier alpha value is -1.28. The van der Waals surface area contributed by atoms with Gasteiger partial charge < -0.3 is 10.5 Å². The number of nitrogens with two attached hydrogens (primary N) is 1. The lowest BCUT2D eigenvalue weighted by Crippen LogP contribution is -2.11. The lowest BCUT2D eigenvalue weighted by molar-refractivity contribution is 0.288. The van der Waals surface area contributed by atoms with E-state index < -0.39 is 0 Å². The second-order valence-corrected chi connectivity index (χ2v) is 3.58. The van der Waals surface area contributed by atoms with E-state index >= 15 is 0 Å². The molecule has 74 valence electrons. The molecule has 14 heavy (non-hydrogen) atoms. The first kappa shape index (κ1) is 9.28. The summed E-state index contributed by atoms with van der Waals surface area (Å²) < 4.78 is 5.53. The zero-order valence-corrected chi connectivity index (χ0v) is 8.20. The summed E-state index contributed by atoms with van der Waals surface area (Å²) in [6.45, 7) is 4.53. The highest BCUT2D eigenvalue weighted by Gasteiger charge is 2.11. The average molecular weight is 189 g/mol. The Morgan fingerprint density at radius 2 is 2.36 bits per heavy atom. The maximum atomic E-state index is 5.87. The number of benzene rings is 1. The molecule has 2 nitrogen and oxygen atoms in total. The van der Waals surface area contributed by atoms with Crippen LogP contribution in [0.5, 0.6) is 5.75 Å². The van der Waals surface area contributed by atoms with Gasteiger partial charge in [-0.2, -0.15) is 0 Å². The minimum atomic E-state index is -0.0674. The van der Waals surface area contributed by atoms with E-state index in [-0.39, 0.29) is 6.04 Å². The summed E-state index contributed by atoms with van der Waals surface area (Å²) in [4.78, 5) is 0. The van der Waals surface area contributed by atoms with Crippen molar-refractivity contribution in [2.24, 2.45) is 5.73 Å². The predicted molar refractivity (Wildman–Crippen MR) is 57.4 cm³/mol. The van der Waals surface area contributed by atoms with Crippen LogP contribution in [0, 0.1) is 0 Å². The molecular formula is C12H15NO. The summed E-state index contributed by atoms with van der Waals surface area (Å²) in [5.41, 5.74) is 8.25. The Morgan fingerprint density at radius 3 is 3.14 bits per heavy atom. The van der Waals surface area contributed by atoms with Crippen molar-refractivity contribution in [1.29, 1.82) is 0 Å². The Bertz CT molecular complexity index is 346. The monoisotopic (exact) mass is 189 g/mol. The average Bonchev–Trinajstić information content (AvgIpc) is 2.27. The van der Waals surface area contributed by atoms with Gasteiger partial charge in [0.1, 0.15) is 5.75 Å². The van der Waals surface area contributed by atoms with Gasteiger partial charge in [0, 0.05) is 6.04 Å². The summed E-state index contributed by atoms with van der Waals surface area (Å²) in [5, 5.41) is 0. The quantitative estimate of drug-likeness (QED) is 0.724. The van der Waals surface area contributed by atoms with Crippen LogP contribution in [0.3, 0.4) is 0 Å². The molecule has 2 N–H and O–H groups in total. The fourth-order valence-electron chi connectivity index (χ4n) is 1.72. The van der Waals surface area contributed by atoms with Gasteiger partial charge in [-0.05, 0) is 30.0 Å². The van der Waals surface area contributed by atoms with E-state index in [9.17, 15) is 0 Å². The Kier molecular flexibility index (Phi) is 2.55. The largest absolute Gasteiger partial charge is 0.493 e. The topological polar surface area (TPSA) is 35.2 Å². The first-order valence-corrected chi connectivity index (χ1v) is 4.95. The number of ether oxygens (including phenoxy) is 1. The van der Waals surface area contributed by atoms with Gasteiger partial charge in [-0.15, -0.1) is 6.58 Å². The highest BCUT2D eigenvalue weighted by atomic mass is 16.5. The Morgan fingerprint density at radius 1 is 1.50 bits per heavy atom. The summed E-state index contributed by atoms with van der Waals surface area (Å²) >= 11 is 0. The van der Waals surface area contributed by atoms with Crippen molar-refractivity contribution in [3.63, 3.8) is 0 Å². The van der Waals surface area contributed by atoms with Crippen LogP contribution in [0.25, 0.3) is 0 Å². The summed E-state index contributed by atoms with van der Waals surface area (Å²) in [6.07, 6.45) is 3.94. The van der Waals surface area contributed by atoms with E-state index in [1.165, 1.54) is 5.56 Å². The van der Waals surface area contributed by atoms with Crippen LogP contribution in [-0.2, 0) is 6.42 Å². The number of rotatable bonds is 2. The standard InChI is InChI=1S/C12H15NO/c1-2-11(13)9-5-6-12-10(8-9)4-3-7-14-12/h2,5-6,8,11H,1,3-4,7,13H2/t11-/m0/s1. The second-order valence-electron chi connectivity index (χ2n) is 3.58. The number of fused-ring (bicyclic) bond motifs is 1. The molecule has 0 unspecified atom stereocenters. The van der Waals surface area contributed by atoms with Crippen molar-refractivity contribution in [2.75, 3.05) is 6.61 Å². The minimum Gasteiger partial charge on any atom is -0.493 e. The molecule has 1 aromatic rings. The molecule has 1 atom stereocenters. The number of hydrogen-bond acceptors (Lipinski definition) is 2. The molecule has 0 saturated carbocycles. The first-order chi connectivity index (χ1) is 6.81.